The number of hydrogen-bond acceptors (Lipinski definition) is 2. The predicted molar refractivity (Wildman–Crippen MR) is 71.8 cm³/mol. The molecule has 1 saturated carbocycles. The molecule has 1 N–H and O–H groups in total. The molecule has 0 bridgehead atoms. The smallest absolute Gasteiger partial charge is 0.212 e. The normalized spacial score (nSPS) is 24.3. The molecule has 0 spiro atoms. The van der Waals surface area contributed by atoms with Crippen molar-refractivity contribution < 1.29 is 8.42 Å². The Morgan fingerprint density at radius 3 is 2.56 bits per heavy atom. The van der Waals surface area contributed by atoms with Gasteiger partial charge >= 0.3 is 0 Å². The third-order valence-electron chi connectivity index (χ3n) is 4.17. The van der Waals surface area contributed by atoms with Crippen molar-refractivity contribution in [3.8, 4) is 0 Å². The van der Waals surface area contributed by atoms with Crippen molar-refractivity contribution in [2.75, 3.05) is 0 Å². The monoisotopic (exact) mass is 265 g/mol. The summed E-state index contributed by atoms with van der Waals surface area (Å²) in [5.74, 6) is 0. The van der Waals surface area contributed by atoms with Gasteiger partial charge in [-0.2, -0.15) is 0 Å². The van der Waals surface area contributed by atoms with E-state index in [9.17, 15) is 8.42 Å². The number of aryl methyl sites for hydroxylation is 1. The van der Waals surface area contributed by atoms with Crippen molar-refractivity contribution in [2.24, 2.45) is 0 Å². The second-order valence-electron chi connectivity index (χ2n) is 5.36. The quantitative estimate of drug-likeness (QED) is 0.913. The molecule has 4 heteroatoms. The van der Waals surface area contributed by atoms with Crippen LogP contribution < -0.4 is 4.72 Å². The standard InChI is InChI=1S/C14H19NO2S/c16-18(17,12-7-4-8-12)15-14-10-3-6-11-5-1-2-9-13(11)14/h1-2,5,9,12,14-15H,3-4,6-8,10H2. The van der Waals surface area contributed by atoms with Gasteiger partial charge < -0.3 is 0 Å². The first kappa shape index (κ1) is 12.2. The Kier molecular flexibility index (Phi) is 3.16. The third kappa shape index (κ3) is 2.19. The number of rotatable bonds is 3. The number of nitrogens with one attached hydrogen (secondary N) is 1. The molecule has 3 rings (SSSR count). The highest BCUT2D eigenvalue weighted by molar-refractivity contribution is 7.90. The first-order valence-corrected chi connectivity index (χ1v) is 8.30. The maximum atomic E-state index is 12.2. The summed E-state index contributed by atoms with van der Waals surface area (Å²) in [7, 11) is -3.12. The second-order valence-corrected chi connectivity index (χ2v) is 7.35. The molecule has 0 amide bonds. The topological polar surface area (TPSA) is 46.2 Å². The van der Waals surface area contributed by atoms with Crippen LogP contribution in [0.4, 0.5) is 0 Å². The van der Waals surface area contributed by atoms with E-state index in [1.807, 2.05) is 12.1 Å². The fourth-order valence-electron chi connectivity index (χ4n) is 2.85. The largest absolute Gasteiger partial charge is 0.215 e. The lowest BCUT2D eigenvalue weighted by molar-refractivity contribution is 0.450. The summed E-state index contributed by atoms with van der Waals surface area (Å²) in [5.41, 5.74) is 2.47. The summed E-state index contributed by atoms with van der Waals surface area (Å²) >= 11 is 0. The van der Waals surface area contributed by atoms with Gasteiger partial charge in [0.15, 0.2) is 0 Å². The van der Waals surface area contributed by atoms with Gasteiger partial charge in [-0.1, -0.05) is 30.7 Å². The van der Waals surface area contributed by atoms with Crippen LogP contribution in [0.5, 0.6) is 0 Å². The van der Waals surface area contributed by atoms with E-state index in [1.54, 1.807) is 0 Å². The van der Waals surface area contributed by atoms with Crippen LogP contribution in [0.15, 0.2) is 24.3 Å². The van der Waals surface area contributed by atoms with Crippen LogP contribution in [0.2, 0.25) is 0 Å². The summed E-state index contributed by atoms with van der Waals surface area (Å²) in [6, 6.07) is 8.18. The Morgan fingerprint density at radius 2 is 1.83 bits per heavy atom. The van der Waals surface area contributed by atoms with Gasteiger partial charge in [0.25, 0.3) is 0 Å². The SMILES string of the molecule is O=S(=O)(NC1CCCc2ccccc21)C1CCC1. The van der Waals surface area contributed by atoms with Crippen molar-refractivity contribution in [1.82, 2.24) is 4.72 Å². The summed E-state index contributed by atoms with van der Waals surface area (Å²) in [6.07, 6.45) is 5.75. The van der Waals surface area contributed by atoms with Gasteiger partial charge in [0.2, 0.25) is 10.0 Å². The second kappa shape index (κ2) is 4.67. The lowest BCUT2D eigenvalue weighted by Crippen LogP contribution is -2.41. The van der Waals surface area contributed by atoms with E-state index in [2.05, 4.69) is 16.9 Å². The average Bonchev–Trinajstić information content (AvgIpc) is 2.26. The lowest BCUT2D eigenvalue weighted by atomic mass is 9.88. The molecule has 0 saturated heterocycles. The molecular formula is C14H19NO2S. The number of benzene rings is 1. The maximum absolute atomic E-state index is 12.2. The van der Waals surface area contributed by atoms with Gasteiger partial charge in [0.05, 0.1) is 5.25 Å². The summed E-state index contributed by atoms with van der Waals surface area (Å²) in [4.78, 5) is 0. The van der Waals surface area contributed by atoms with E-state index in [-0.39, 0.29) is 11.3 Å². The minimum Gasteiger partial charge on any atom is -0.212 e. The van der Waals surface area contributed by atoms with E-state index in [0.29, 0.717) is 0 Å². The van der Waals surface area contributed by atoms with Gasteiger partial charge in [0.1, 0.15) is 0 Å². The molecule has 2 aliphatic rings. The van der Waals surface area contributed by atoms with E-state index in [1.165, 1.54) is 11.1 Å². The van der Waals surface area contributed by atoms with Crippen LogP contribution in [0.3, 0.4) is 0 Å². The van der Waals surface area contributed by atoms with Crippen LogP contribution in [-0.2, 0) is 16.4 Å². The first-order chi connectivity index (χ1) is 8.67. The molecule has 1 fully saturated rings. The van der Waals surface area contributed by atoms with Crippen molar-refractivity contribution in [2.45, 2.75) is 49.8 Å². The Hall–Kier alpha value is -0.870. The van der Waals surface area contributed by atoms with Crippen molar-refractivity contribution in [3.63, 3.8) is 0 Å². The highest BCUT2D eigenvalue weighted by atomic mass is 32.2. The minimum atomic E-state index is -3.12. The van der Waals surface area contributed by atoms with Crippen molar-refractivity contribution >= 4 is 10.0 Å². The molecule has 1 unspecified atom stereocenters. The predicted octanol–water partition coefficient (Wildman–Crippen LogP) is 2.54. The molecule has 18 heavy (non-hydrogen) atoms. The number of fused-ring (bicyclic) bond motifs is 1. The fraction of sp³-hybridized carbons (Fsp3) is 0.571. The van der Waals surface area contributed by atoms with E-state index in [4.69, 9.17) is 0 Å². The fourth-order valence-corrected chi connectivity index (χ4v) is 4.64. The molecule has 1 aromatic carbocycles. The van der Waals surface area contributed by atoms with E-state index in [0.717, 1.165) is 38.5 Å². The third-order valence-corrected chi connectivity index (χ3v) is 6.13. The molecule has 2 aliphatic carbocycles. The minimum absolute atomic E-state index is 0.0134. The zero-order valence-corrected chi connectivity index (χ0v) is 11.2. The zero-order chi connectivity index (χ0) is 12.6. The number of hydrogen-bond donors (Lipinski definition) is 1. The van der Waals surface area contributed by atoms with Gasteiger partial charge in [-0.05, 0) is 43.2 Å². The molecule has 1 atom stereocenters. The summed E-state index contributed by atoms with van der Waals surface area (Å²) in [5, 5.41) is -0.147. The van der Waals surface area contributed by atoms with E-state index >= 15 is 0 Å². The average molecular weight is 265 g/mol. The van der Waals surface area contributed by atoms with Gasteiger partial charge in [-0.25, -0.2) is 13.1 Å². The van der Waals surface area contributed by atoms with Crippen molar-refractivity contribution in [3.05, 3.63) is 35.4 Å². The van der Waals surface area contributed by atoms with Crippen LogP contribution in [0, 0.1) is 0 Å². The maximum Gasteiger partial charge on any atom is 0.215 e. The Bertz CT molecular complexity index is 534. The Balaban J connectivity index is 1.82. The van der Waals surface area contributed by atoms with Crippen molar-refractivity contribution in [1.29, 1.82) is 0 Å². The summed E-state index contributed by atoms with van der Waals surface area (Å²) in [6.45, 7) is 0. The molecule has 0 radical (unpaired) electrons. The molecule has 1 aromatic rings. The van der Waals surface area contributed by atoms with Crippen LogP contribution in [-0.4, -0.2) is 13.7 Å². The van der Waals surface area contributed by atoms with Crippen LogP contribution >= 0.6 is 0 Å². The molecular weight excluding hydrogens is 246 g/mol. The van der Waals surface area contributed by atoms with Gasteiger partial charge in [0, 0.05) is 6.04 Å². The van der Waals surface area contributed by atoms with Crippen LogP contribution in [0.25, 0.3) is 0 Å². The molecule has 3 nitrogen and oxygen atoms in total. The molecule has 98 valence electrons. The zero-order valence-electron chi connectivity index (χ0n) is 10.4. The Labute approximate surface area is 109 Å². The molecule has 0 aromatic heterocycles. The first-order valence-electron chi connectivity index (χ1n) is 6.76. The molecule has 0 aliphatic heterocycles. The summed E-state index contributed by atoms with van der Waals surface area (Å²) < 4.78 is 27.3. The number of sulfonamides is 1. The van der Waals surface area contributed by atoms with E-state index < -0.39 is 10.0 Å². The molecule has 0 heterocycles. The highest BCUT2D eigenvalue weighted by Crippen LogP contribution is 2.32. The highest BCUT2D eigenvalue weighted by Gasteiger charge is 2.34. The Morgan fingerprint density at radius 1 is 1.06 bits per heavy atom. The van der Waals surface area contributed by atoms with Gasteiger partial charge in [-0.3, -0.25) is 0 Å². The van der Waals surface area contributed by atoms with Gasteiger partial charge in [-0.15, -0.1) is 0 Å². The lowest BCUT2D eigenvalue weighted by Gasteiger charge is -2.31. The van der Waals surface area contributed by atoms with Crippen LogP contribution in [0.1, 0.15) is 49.3 Å².